The number of benzene rings is 1. The molecule has 27 heavy (non-hydrogen) atoms. The first kappa shape index (κ1) is 18.1. The Morgan fingerprint density at radius 1 is 1.19 bits per heavy atom. The maximum atomic E-state index is 12.7. The molecule has 2 amide bonds. The molecule has 0 spiro atoms. The van der Waals surface area contributed by atoms with Gasteiger partial charge in [-0.25, -0.2) is 0 Å². The van der Waals surface area contributed by atoms with Gasteiger partial charge in [0, 0.05) is 32.5 Å². The fraction of sp³-hybridized carbons (Fsp3) is 0.474. The van der Waals surface area contributed by atoms with E-state index in [1.807, 2.05) is 30.3 Å². The van der Waals surface area contributed by atoms with E-state index in [4.69, 9.17) is 0 Å². The number of likely N-dealkylation sites (tertiary alicyclic amines) is 1. The summed E-state index contributed by atoms with van der Waals surface area (Å²) < 4.78 is 0. The average Bonchev–Trinajstić information content (AvgIpc) is 3.29. The number of aliphatic hydroxyl groups excluding tert-OH is 1. The van der Waals surface area contributed by atoms with Crippen molar-refractivity contribution in [2.45, 2.75) is 31.8 Å². The first-order valence-electron chi connectivity index (χ1n) is 9.23. The highest BCUT2D eigenvalue weighted by Crippen LogP contribution is 2.30. The van der Waals surface area contributed by atoms with E-state index in [1.54, 1.807) is 9.80 Å². The molecule has 8 heteroatoms. The minimum Gasteiger partial charge on any atom is -0.393 e. The molecule has 0 saturated carbocycles. The number of amides is 2. The maximum absolute atomic E-state index is 12.7. The number of piperidine rings is 1. The van der Waals surface area contributed by atoms with Crippen LogP contribution in [0.2, 0.25) is 0 Å². The summed E-state index contributed by atoms with van der Waals surface area (Å²) in [5, 5.41) is 19.4. The molecule has 3 heterocycles. The van der Waals surface area contributed by atoms with Crippen LogP contribution in [0.5, 0.6) is 0 Å². The van der Waals surface area contributed by atoms with E-state index >= 15 is 0 Å². The highest BCUT2D eigenvalue weighted by atomic mass is 32.1. The van der Waals surface area contributed by atoms with E-state index in [0.717, 1.165) is 10.6 Å². The molecule has 2 aromatic rings. The zero-order valence-corrected chi connectivity index (χ0v) is 15.8. The van der Waals surface area contributed by atoms with E-state index in [1.165, 1.54) is 11.3 Å². The third-order valence-electron chi connectivity index (χ3n) is 5.14. The highest BCUT2D eigenvalue weighted by Gasteiger charge is 2.39. The van der Waals surface area contributed by atoms with Crippen LogP contribution >= 0.6 is 11.3 Å². The summed E-state index contributed by atoms with van der Waals surface area (Å²) >= 11 is 1.40. The van der Waals surface area contributed by atoms with Crippen LogP contribution in [0.15, 0.2) is 30.3 Å². The zero-order chi connectivity index (χ0) is 18.8. The van der Waals surface area contributed by atoms with Gasteiger partial charge in [-0.05, 0) is 18.4 Å². The van der Waals surface area contributed by atoms with Crippen LogP contribution in [0.1, 0.15) is 29.8 Å². The van der Waals surface area contributed by atoms with Crippen LogP contribution in [0.4, 0.5) is 5.13 Å². The standard InChI is InChI=1S/C19H22N4O3S/c24-15-6-8-22(9-7-15)18(26)14-11-17(25)23(12-14)19-21-20-16(27-19)10-13-4-2-1-3-5-13/h1-5,14-15,24H,6-12H2. The lowest BCUT2D eigenvalue weighted by molar-refractivity contribution is -0.137. The topological polar surface area (TPSA) is 86.6 Å². The van der Waals surface area contributed by atoms with Crippen LogP contribution < -0.4 is 4.90 Å². The van der Waals surface area contributed by atoms with Crippen molar-refractivity contribution < 1.29 is 14.7 Å². The van der Waals surface area contributed by atoms with Crippen molar-refractivity contribution in [2.75, 3.05) is 24.5 Å². The molecule has 2 saturated heterocycles. The predicted octanol–water partition coefficient (Wildman–Crippen LogP) is 1.47. The van der Waals surface area contributed by atoms with E-state index in [9.17, 15) is 14.7 Å². The third kappa shape index (κ3) is 4.01. The Labute approximate surface area is 161 Å². The molecule has 2 fully saturated rings. The SMILES string of the molecule is O=C(C1CC(=O)N(c2nnc(Cc3ccccc3)s2)C1)N1CCC(O)CC1. The van der Waals surface area contributed by atoms with Crippen molar-refractivity contribution in [2.24, 2.45) is 5.92 Å². The van der Waals surface area contributed by atoms with Crippen molar-refractivity contribution >= 4 is 28.3 Å². The summed E-state index contributed by atoms with van der Waals surface area (Å²) in [5.41, 5.74) is 1.15. The van der Waals surface area contributed by atoms with Crippen LogP contribution in [0.25, 0.3) is 0 Å². The Morgan fingerprint density at radius 2 is 1.93 bits per heavy atom. The summed E-state index contributed by atoms with van der Waals surface area (Å²) in [5.74, 6) is -0.409. The van der Waals surface area contributed by atoms with E-state index < -0.39 is 0 Å². The van der Waals surface area contributed by atoms with Crippen molar-refractivity contribution in [1.29, 1.82) is 0 Å². The number of hydrogen-bond donors (Lipinski definition) is 1. The summed E-state index contributed by atoms with van der Waals surface area (Å²) in [4.78, 5) is 28.5. The molecule has 1 N–H and O–H groups in total. The molecular formula is C19H22N4O3S. The van der Waals surface area contributed by atoms with Crippen molar-refractivity contribution in [3.05, 3.63) is 40.9 Å². The first-order valence-corrected chi connectivity index (χ1v) is 10.1. The summed E-state index contributed by atoms with van der Waals surface area (Å²) in [7, 11) is 0. The molecule has 1 unspecified atom stereocenters. The van der Waals surface area contributed by atoms with Gasteiger partial charge in [0.05, 0.1) is 12.0 Å². The number of aromatic nitrogens is 2. The molecule has 1 aromatic heterocycles. The maximum Gasteiger partial charge on any atom is 0.229 e. The normalized spacial score (nSPS) is 21.1. The second-order valence-electron chi connectivity index (χ2n) is 7.10. The largest absolute Gasteiger partial charge is 0.393 e. The zero-order valence-electron chi connectivity index (χ0n) is 15.0. The van der Waals surface area contributed by atoms with Crippen LogP contribution in [0, 0.1) is 5.92 Å². The lowest BCUT2D eigenvalue weighted by atomic mass is 10.0. The van der Waals surface area contributed by atoms with E-state index in [-0.39, 0.29) is 30.3 Å². The molecule has 2 aliphatic heterocycles. The summed E-state index contributed by atoms with van der Waals surface area (Å²) in [6, 6.07) is 10.0. The average molecular weight is 386 g/mol. The number of carbonyl (C=O) groups is 2. The van der Waals surface area contributed by atoms with Crippen molar-refractivity contribution in [3.63, 3.8) is 0 Å². The van der Waals surface area contributed by atoms with E-state index in [2.05, 4.69) is 10.2 Å². The van der Waals surface area contributed by atoms with Gasteiger partial charge < -0.3 is 10.0 Å². The number of hydrogen-bond acceptors (Lipinski definition) is 6. The van der Waals surface area contributed by atoms with Crippen molar-refractivity contribution in [1.82, 2.24) is 15.1 Å². The van der Waals surface area contributed by atoms with Gasteiger partial charge in [-0.2, -0.15) is 0 Å². The highest BCUT2D eigenvalue weighted by molar-refractivity contribution is 7.15. The minimum absolute atomic E-state index is 0.00627. The smallest absolute Gasteiger partial charge is 0.229 e. The van der Waals surface area contributed by atoms with Gasteiger partial charge in [0.25, 0.3) is 0 Å². The number of nitrogens with zero attached hydrogens (tertiary/aromatic N) is 4. The molecule has 0 radical (unpaired) electrons. The monoisotopic (exact) mass is 386 g/mol. The Kier molecular flexibility index (Phi) is 5.18. The lowest BCUT2D eigenvalue weighted by Crippen LogP contribution is -2.43. The van der Waals surface area contributed by atoms with Crippen molar-refractivity contribution in [3.8, 4) is 0 Å². The van der Waals surface area contributed by atoms with Gasteiger partial charge in [-0.3, -0.25) is 14.5 Å². The fourth-order valence-electron chi connectivity index (χ4n) is 3.60. The molecule has 4 rings (SSSR count). The van der Waals surface area contributed by atoms with Gasteiger partial charge in [-0.15, -0.1) is 10.2 Å². The summed E-state index contributed by atoms with van der Waals surface area (Å²) in [6.45, 7) is 1.48. The van der Waals surface area contributed by atoms with Crippen LogP contribution in [-0.4, -0.2) is 57.8 Å². The molecule has 7 nitrogen and oxygen atoms in total. The minimum atomic E-state index is -0.339. The first-order chi connectivity index (χ1) is 13.1. The summed E-state index contributed by atoms with van der Waals surface area (Å²) in [6.07, 6.45) is 1.79. The van der Waals surface area contributed by atoms with Gasteiger partial charge in [0.1, 0.15) is 5.01 Å². The molecule has 0 bridgehead atoms. The molecule has 1 atom stereocenters. The number of anilines is 1. The van der Waals surface area contributed by atoms with E-state index in [0.29, 0.717) is 44.0 Å². The van der Waals surface area contributed by atoms with Crippen LogP contribution in [0.3, 0.4) is 0 Å². The van der Waals surface area contributed by atoms with Gasteiger partial charge in [0.2, 0.25) is 16.9 Å². The van der Waals surface area contributed by atoms with Gasteiger partial charge in [-0.1, -0.05) is 41.7 Å². The fourth-order valence-corrected chi connectivity index (χ4v) is 4.50. The molecule has 142 valence electrons. The Hall–Kier alpha value is -2.32. The molecule has 1 aromatic carbocycles. The second-order valence-corrected chi connectivity index (χ2v) is 8.14. The van der Waals surface area contributed by atoms with Crippen LogP contribution in [-0.2, 0) is 16.0 Å². The Bertz CT molecular complexity index is 817. The Morgan fingerprint density at radius 3 is 2.67 bits per heavy atom. The molecule has 0 aliphatic carbocycles. The number of carbonyl (C=O) groups excluding carboxylic acids is 2. The Balaban J connectivity index is 1.40. The number of aliphatic hydroxyl groups is 1. The predicted molar refractivity (Wildman–Crippen MR) is 101 cm³/mol. The third-order valence-corrected chi connectivity index (χ3v) is 6.08. The molecular weight excluding hydrogens is 364 g/mol. The lowest BCUT2D eigenvalue weighted by Gasteiger charge is -2.31. The molecule has 2 aliphatic rings. The number of rotatable bonds is 4. The van der Waals surface area contributed by atoms with Gasteiger partial charge >= 0.3 is 0 Å². The quantitative estimate of drug-likeness (QED) is 0.860. The van der Waals surface area contributed by atoms with Gasteiger partial charge in [0.15, 0.2) is 0 Å². The second kappa shape index (κ2) is 7.74.